The Kier molecular flexibility index (Phi) is 8.73. The summed E-state index contributed by atoms with van der Waals surface area (Å²) in [6.45, 7) is 7.80. The van der Waals surface area contributed by atoms with Crippen molar-refractivity contribution in [2.45, 2.75) is 19.8 Å². The highest BCUT2D eigenvalue weighted by molar-refractivity contribution is 9.10. The van der Waals surface area contributed by atoms with E-state index in [1.807, 2.05) is 25.1 Å². The Morgan fingerprint density at radius 2 is 2.05 bits per heavy atom. The monoisotopic (exact) mass is 568 g/mol. The highest BCUT2D eigenvalue weighted by Crippen LogP contribution is 2.33. The van der Waals surface area contributed by atoms with E-state index in [0.29, 0.717) is 72.9 Å². The van der Waals surface area contributed by atoms with E-state index in [0.717, 1.165) is 10.0 Å². The summed E-state index contributed by atoms with van der Waals surface area (Å²) in [5, 5.41) is 4.95. The number of halogens is 1. The van der Waals surface area contributed by atoms with Crippen molar-refractivity contribution in [3.8, 4) is 11.5 Å². The van der Waals surface area contributed by atoms with E-state index >= 15 is 0 Å². The van der Waals surface area contributed by atoms with Crippen molar-refractivity contribution < 1.29 is 19.0 Å². The summed E-state index contributed by atoms with van der Waals surface area (Å²) < 4.78 is 19.0. The lowest BCUT2D eigenvalue weighted by Crippen LogP contribution is -2.43. The van der Waals surface area contributed by atoms with Crippen LogP contribution in [0.2, 0.25) is 0 Å². The number of hydrogen-bond acceptors (Lipinski definition) is 7. The molecular weight excluding hydrogens is 540 g/mol. The third-order valence-electron chi connectivity index (χ3n) is 5.96. The molecule has 4 rings (SSSR count). The van der Waals surface area contributed by atoms with Gasteiger partial charge < -0.3 is 19.1 Å². The lowest BCUT2D eigenvalue weighted by Gasteiger charge is -2.27. The first-order valence-electron chi connectivity index (χ1n) is 12.0. The predicted molar refractivity (Wildman–Crippen MR) is 146 cm³/mol. The van der Waals surface area contributed by atoms with Crippen molar-refractivity contribution in [1.82, 2.24) is 14.6 Å². The molecule has 0 saturated carbocycles. The van der Waals surface area contributed by atoms with Gasteiger partial charge in [-0.2, -0.15) is 9.78 Å². The van der Waals surface area contributed by atoms with Crippen LogP contribution in [0.15, 0.2) is 57.4 Å². The molecule has 1 saturated heterocycles. The number of nitrogens with zero attached hydrogens (tertiary/aromatic N) is 4. The van der Waals surface area contributed by atoms with Gasteiger partial charge in [0.25, 0.3) is 11.5 Å². The lowest BCUT2D eigenvalue weighted by molar-refractivity contribution is -0.137. The van der Waals surface area contributed by atoms with Gasteiger partial charge in [-0.1, -0.05) is 28.9 Å². The van der Waals surface area contributed by atoms with Gasteiger partial charge in [-0.15, -0.1) is 6.58 Å². The largest absolute Gasteiger partial charge is 0.493 e. The maximum atomic E-state index is 13.2. The smallest absolute Gasteiger partial charge is 0.282 e. The van der Waals surface area contributed by atoms with Gasteiger partial charge in [0, 0.05) is 29.5 Å². The van der Waals surface area contributed by atoms with E-state index in [1.54, 1.807) is 29.3 Å². The Bertz CT molecular complexity index is 1400. The molecule has 194 valence electrons. The minimum atomic E-state index is -0.251. The molecule has 1 amide bonds. The summed E-state index contributed by atoms with van der Waals surface area (Å²) in [6, 6.07) is 9.04. The Balaban J connectivity index is 1.65. The molecule has 0 unspecified atom stereocenters. The average Bonchev–Trinajstić information content (AvgIpc) is 2.92. The second-order valence-corrected chi connectivity index (χ2v) is 9.31. The van der Waals surface area contributed by atoms with Gasteiger partial charge in [0.1, 0.15) is 5.82 Å². The van der Waals surface area contributed by atoms with Crippen LogP contribution >= 0.6 is 15.9 Å². The van der Waals surface area contributed by atoms with E-state index < -0.39 is 0 Å². The van der Waals surface area contributed by atoms with Crippen LogP contribution in [0.25, 0.3) is 10.9 Å². The fourth-order valence-electron chi connectivity index (χ4n) is 4.09. The van der Waals surface area contributed by atoms with Crippen molar-refractivity contribution in [2.75, 3.05) is 40.0 Å². The minimum Gasteiger partial charge on any atom is -0.493 e. The Morgan fingerprint density at radius 1 is 1.27 bits per heavy atom. The number of aromatic nitrogens is 2. The third-order valence-corrected chi connectivity index (χ3v) is 6.45. The van der Waals surface area contributed by atoms with E-state index in [9.17, 15) is 9.59 Å². The predicted octanol–water partition coefficient (Wildman–Crippen LogP) is 3.58. The summed E-state index contributed by atoms with van der Waals surface area (Å²) in [5.74, 6) is 1.38. The quantitative estimate of drug-likeness (QED) is 0.289. The highest BCUT2D eigenvalue weighted by atomic mass is 79.9. The maximum Gasteiger partial charge on any atom is 0.282 e. The molecule has 0 aliphatic carbocycles. The lowest BCUT2D eigenvalue weighted by atomic mass is 10.1. The molecule has 10 heteroatoms. The van der Waals surface area contributed by atoms with Crippen molar-refractivity contribution in [3.05, 3.63) is 74.8 Å². The van der Waals surface area contributed by atoms with Gasteiger partial charge in [0.15, 0.2) is 18.1 Å². The number of methoxy groups -OCH3 is 1. The number of rotatable bonds is 9. The molecule has 0 spiro atoms. The number of carbonyl (C=O) groups is 1. The summed E-state index contributed by atoms with van der Waals surface area (Å²) in [5.41, 5.74) is 1.86. The second-order valence-electron chi connectivity index (χ2n) is 8.39. The minimum absolute atomic E-state index is 0.109. The van der Waals surface area contributed by atoms with Crippen LogP contribution in [0, 0.1) is 0 Å². The van der Waals surface area contributed by atoms with Crippen LogP contribution in [0.1, 0.15) is 23.9 Å². The summed E-state index contributed by atoms with van der Waals surface area (Å²) in [6.07, 6.45) is 4.36. The van der Waals surface area contributed by atoms with Gasteiger partial charge in [-0.05, 0) is 42.3 Å². The van der Waals surface area contributed by atoms with Gasteiger partial charge in [0.2, 0.25) is 0 Å². The van der Waals surface area contributed by atoms with Crippen molar-refractivity contribution >= 4 is 39.0 Å². The normalized spacial score (nSPS) is 13.8. The number of allylic oxidation sites excluding steroid dienone is 1. The first kappa shape index (κ1) is 26.6. The zero-order chi connectivity index (χ0) is 26.4. The SMILES string of the molecule is C=CCc1cc(C=Nn2c(CC)nc3ccc(Br)cc3c2=O)cc(OC)c1OCC(=O)N1CCOCC1. The number of fused-ring (bicyclic) bond motifs is 1. The average molecular weight is 569 g/mol. The van der Waals surface area contributed by atoms with Crippen LogP contribution < -0.4 is 15.0 Å². The molecule has 1 aromatic heterocycles. The number of hydrogen-bond donors (Lipinski definition) is 0. The number of benzene rings is 2. The van der Waals surface area contributed by atoms with Gasteiger partial charge in [0.05, 0.1) is 37.4 Å². The maximum absolute atomic E-state index is 13.2. The van der Waals surface area contributed by atoms with Crippen molar-refractivity contribution in [3.63, 3.8) is 0 Å². The molecule has 9 nitrogen and oxygen atoms in total. The summed E-state index contributed by atoms with van der Waals surface area (Å²) in [7, 11) is 1.54. The van der Waals surface area contributed by atoms with Gasteiger partial charge >= 0.3 is 0 Å². The Labute approximate surface area is 223 Å². The molecule has 1 aliphatic heterocycles. The fourth-order valence-corrected chi connectivity index (χ4v) is 4.45. The first-order valence-corrected chi connectivity index (χ1v) is 12.8. The number of amides is 1. The van der Waals surface area contributed by atoms with Crippen molar-refractivity contribution in [1.29, 1.82) is 0 Å². The van der Waals surface area contributed by atoms with Crippen LogP contribution in [0.5, 0.6) is 11.5 Å². The molecule has 0 atom stereocenters. The van der Waals surface area contributed by atoms with Crippen LogP contribution in [-0.4, -0.2) is 66.7 Å². The zero-order valence-electron chi connectivity index (χ0n) is 20.9. The number of carbonyl (C=O) groups excluding carboxylic acids is 1. The van der Waals surface area contributed by atoms with E-state index in [-0.39, 0.29) is 18.1 Å². The number of ether oxygens (including phenoxy) is 3. The van der Waals surface area contributed by atoms with Crippen molar-refractivity contribution in [2.24, 2.45) is 5.10 Å². The third kappa shape index (κ3) is 6.08. The van der Waals surface area contributed by atoms with E-state index in [2.05, 4.69) is 32.6 Å². The van der Waals surface area contributed by atoms with E-state index in [4.69, 9.17) is 14.2 Å². The first-order chi connectivity index (χ1) is 17.9. The topological polar surface area (TPSA) is 95.2 Å². The summed E-state index contributed by atoms with van der Waals surface area (Å²) in [4.78, 5) is 32.1. The summed E-state index contributed by atoms with van der Waals surface area (Å²) >= 11 is 3.41. The van der Waals surface area contributed by atoms with Crippen LogP contribution in [0.4, 0.5) is 0 Å². The van der Waals surface area contributed by atoms with Crippen LogP contribution in [-0.2, 0) is 22.4 Å². The number of morpholine rings is 1. The molecule has 0 N–H and O–H groups in total. The molecule has 0 bridgehead atoms. The Hall–Kier alpha value is -3.50. The standard InChI is InChI=1S/C27H29BrN4O5/c1-4-6-19-13-18(14-23(35-3)26(19)37-17-25(33)31-9-11-36-12-10-31)16-29-32-24(5-2)30-22-8-7-20(28)15-21(22)27(32)34/h4,7-8,13-16H,1,5-6,9-12,17H2,2-3H3. The molecular formula is C27H29BrN4O5. The van der Waals surface area contributed by atoms with E-state index in [1.165, 1.54) is 11.8 Å². The molecule has 37 heavy (non-hydrogen) atoms. The molecule has 2 heterocycles. The molecule has 1 aliphatic rings. The molecule has 0 radical (unpaired) electrons. The second kappa shape index (κ2) is 12.2. The molecule has 3 aromatic rings. The molecule has 2 aromatic carbocycles. The number of aryl methyl sites for hydroxylation is 1. The molecule has 1 fully saturated rings. The van der Waals surface area contributed by atoms with Crippen LogP contribution in [0.3, 0.4) is 0 Å². The van der Waals surface area contributed by atoms with Gasteiger partial charge in [-0.3, -0.25) is 9.59 Å². The van der Waals surface area contributed by atoms with Gasteiger partial charge in [-0.25, -0.2) is 4.98 Å². The highest BCUT2D eigenvalue weighted by Gasteiger charge is 2.20. The zero-order valence-corrected chi connectivity index (χ0v) is 22.5. The fraction of sp³-hybridized carbons (Fsp3) is 0.333. The Morgan fingerprint density at radius 3 is 2.76 bits per heavy atom.